The molecule has 3 N–H and O–H groups in total. The van der Waals surface area contributed by atoms with Gasteiger partial charge in [-0.15, -0.1) is 0 Å². The van der Waals surface area contributed by atoms with Crippen molar-refractivity contribution < 1.29 is 29.7 Å². The number of carboxylic acid groups (broad SMARTS) is 3. The van der Waals surface area contributed by atoms with Gasteiger partial charge in [0, 0.05) is 17.9 Å². The molecule has 80 valence electrons. The summed E-state index contributed by atoms with van der Waals surface area (Å²) in [5, 5.41) is 26.7. The summed E-state index contributed by atoms with van der Waals surface area (Å²) < 4.78 is 0. The molecule has 0 aromatic heterocycles. The van der Waals surface area contributed by atoms with Gasteiger partial charge >= 0.3 is 17.4 Å². The van der Waals surface area contributed by atoms with Gasteiger partial charge in [-0.25, -0.2) is 0 Å². The van der Waals surface area contributed by atoms with Crippen LogP contribution in [0, 0.1) is 0 Å². The van der Waals surface area contributed by atoms with Gasteiger partial charge < -0.3 is 35.9 Å². The van der Waals surface area contributed by atoms with Crippen molar-refractivity contribution in [2.75, 3.05) is 0 Å². The predicted octanol–water partition coefficient (Wildman–Crippen LogP) is -3.95. The number of rotatable bonds is 0. The van der Waals surface area contributed by atoms with Crippen LogP contribution in [0.2, 0.25) is 0 Å². The summed E-state index contributed by atoms with van der Waals surface area (Å²) >= 11 is 0. The molecule has 0 amide bonds. The molecule has 0 aliphatic rings. The maximum atomic E-state index is 8.89. The molecule has 0 fully saturated rings. The van der Waals surface area contributed by atoms with E-state index in [0.29, 0.717) is 0 Å². The van der Waals surface area contributed by atoms with Crippen LogP contribution in [0.15, 0.2) is 0 Å². The molecular weight excluding hydrogens is 209 g/mol. The summed E-state index contributed by atoms with van der Waals surface area (Å²) in [4.78, 5) is 26.7. The van der Waals surface area contributed by atoms with Crippen LogP contribution in [0.4, 0.5) is 0 Å². The smallest absolute Gasteiger partial charge is 0.550 e. The third-order valence-corrected chi connectivity index (χ3v) is 0. The molecule has 0 aliphatic carbocycles. The average molecular weight is 221 g/mol. The summed E-state index contributed by atoms with van der Waals surface area (Å²) in [6.07, 6.45) is 0. The molecule has 0 unspecified atom stereocenters. The van der Waals surface area contributed by atoms with Crippen LogP contribution in [0.5, 0.6) is 0 Å². The van der Waals surface area contributed by atoms with Gasteiger partial charge in [0.1, 0.15) is 0 Å². The second kappa shape index (κ2) is 22.7. The summed E-state index contributed by atoms with van der Waals surface area (Å²) in [5.74, 6) is -3.25. The fourth-order valence-corrected chi connectivity index (χ4v) is 0. The third kappa shape index (κ3) is 888. The zero-order valence-corrected chi connectivity index (χ0v) is 9.39. The van der Waals surface area contributed by atoms with Crippen molar-refractivity contribution in [2.45, 2.75) is 20.8 Å². The first-order valence-corrected chi connectivity index (χ1v) is 2.72. The van der Waals surface area contributed by atoms with E-state index < -0.39 is 17.9 Å². The molecule has 0 aromatic rings. The maximum absolute atomic E-state index is 8.89. The van der Waals surface area contributed by atoms with Gasteiger partial charge in [0.25, 0.3) is 0 Å². The summed E-state index contributed by atoms with van der Waals surface area (Å²) in [6, 6.07) is 0. The monoisotopic (exact) mass is 221 g/mol. The minimum Gasteiger partial charge on any atom is -0.550 e. The van der Waals surface area contributed by atoms with Crippen molar-refractivity contribution in [3.8, 4) is 0 Å². The normalized spacial score (nSPS) is 5.36. The zero-order chi connectivity index (χ0) is 10.7. The summed E-state index contributed by atoms with van der Waals surface area (Å²) in [7, 11) is 0. The van der Waals surface area contributed by atoms with Crippen molar-refractivity contribution in [3.05, 3.63) is 0 Å². The largest absolute Gasteiger partial charge is 3.00 e. The average Bonchev–Trinajstić information content (AvgIpc) is 1.54. The second-order valence-corrected chi connectivity index (χ2v) is 1.47. The minimum atomic E-state index is -1.08. The maximum Gasteiger partial charge on any atom is 3.00 e. The van der Waals surface area contributed by atoms with Gasteiger partial charge in [0.2, 0.25) is 0 Å². The van der Waals surface area contributed by atoms with Crippen LogP contribution in [0.3, 0.4) is 0 Å². The Morgan fingerprint density at radius 3 is 0.714 bits per heavy atom. The fraction of sp³-hybridized carbons (Fsp3) is 0.500. The Kier molecular flexibility index (Phi) is 47.4. The van der Waals surface area contributed by atoms with E-state index in [2.05, 4.69) is 0 Å². The number of hydrogen-bond donors (Lipinski definition) is 1. The topological polar surface area (TPSA) is 155 Å². The number of hydrogen-bond acceptors (Lipinski definition) is 7. The van der Waals surface area contributed by atoms with Crippen molar-refractivity contribution in [1.82, 2.24) is 6.15 Å². The molecule has 7 nitrogen and oxygen atoms in total. The zero-order valence-electron chi connectivity index (χ0n) is 8.23. The Morgan fingerprint density at radius 1 is 0.714 bits per heavy atom. The third-order valence-electron chi connectivity index (χ3n) is 0. The minimum absolute atomic E-state index is 0. The predicted molar refractivity (Wildman–Crippen MR) is 42.8 cm³/mol. The molecule has 0 spiro atoms. The fourth-order valence-electron chi connectivity index (χ4n) is 0. The van der Waals surface area contributed by atoms with Crippen molar-refractivity contribution in [2.24, 2.45) is 0 Å². The van der Waals surface area contributed by atoms with Crippen LogP contribution in [0.1, 0.15) is 20.8 Å². The molecule has 0 aromatic carbocycles. The first kappa shape index (κ1) is 29.3. The Bertz CT molecular complexity index is 120. The van der Waals surface area contributed by atoms with Crippen molar-refractivity contribution in [3.63, 3.8) is 0 Å². The standard InChI is InChI=1S/3C2H4O2.Al.H3N/c3*1-2(3)4;;/h3*1H3,(H,3,4);;1H3/q;;;+3;/p-3. The van der Waals surface area contributed by atoms with Gasteiger partial charge in [-0.05, 0) is 20.8 Å². The number of carbonyl (C=O) groups is 3. The van der Waals surface area contributed by atoms with Gasteiger partial charge in [-0.2, -0.15) is 0 Å². The van der Waals surface area contributed by atoms with Crippen LogP contribution in [-0.2, 0) is 14.4 Å². The quantitative estimate of drug-likeness (QED) is 0.409. The van der Waals surface area contributed by atoms with E-state index in [0.717, 1.165) is 20.8 Å². The van der Waals surface area contributed by atoms with Gasteiger partial charge in [0.15, 0.2) is 0 Å². The molecule has 0 saturated heterocycles. The summed E-state index contributed by atoms with van der Waals surface area (Å²) in [6.45, 7) is 2.92. The van der Waals surface area contributed by atoms with E-state index in [-0.39, 0.29) is 23.5 Å². The van der Waals surface area contributed by atoms with E-state index in [9.17, 15) is 0 Å². The van der Waals surface area contributed by atoms with Crippen molar-refractivity contribution >= 4 is 35.3 Å². The Morgan fingerprint density at radius 2 is 0.714 bits per heavy atom. The van der Waals surface area contributed by atoms with Crippen LogP contribution >= 0.6 is 0 Å². The van der Waals surface area contributed by atoms with Crippen molar-refractivity contribution in [1.29, 1.82) is 0 Å². The Hall–Kier alpha value is -1.10. The van der Waals surface area contributed by atoms with Gasteiger partial charge in [-0.1, -0.05) is 0 Å². The van der Waals surface area contributed by atoms with Gasteiger partial charge in [-0.3, -0.25) is 0 Å². The van der Waals surface area contributed by atoms with E-state index in [1.165, 1.54) is 0 Å². The van der Waals surface area contributed by atoms with E-state index in [1.807, 2.05) is 0 Å². The van der Waals surface area contributed by atoms with Crippen LogP contribution in [0.25, 0.3) is 0 Å². The van der Waals surface area contributed by atoms with E-state index in [1.54, 1.807) is 0 Å². The number of aliphatic carboxylic acids is 3. The van der Waals surface area contributed by atoms with Gasteiger partial charge in [0.05, 0.1) is 0 Å². The van der Waals surface area contributed by atoms with E-state index >= 15 is 0 Å². The molecule has 0 atom stereocenters. The first-order chi connectivity index (χ1) is 5.20. The molecule has 14 heavy (non-hydrogen) atoms. The molecule has 0 radical (unpaired) electrons. The summed E-state index contributed by atoms with van der Waals surface area (Å²) in [5.41, 5.74) is 0. The second-order valence-electron chi connectivity index (χ2n) is 1.47. The Labute approximate surface area is 92.5 Å². The molecular formula is C6H12AlNO6. The van der Waals surface area contributed by atoms with Crippen LogP contribution in [-0.4, -0.2) is 35.3 Å². The molecule has 0 saturated carbocycles. The van der Waals surface area contributed by atoms with Crippen LogP contribution < -0.4 is 21.5 Å². The number of carboxylic acids is 3. The first-order valence-electron chi connectivity index (χ1n) is 2.72. The molecule has 0 heterocycles. The molecule has 8 heteroatoms. The molecule has 0 bridgehead atoms. The molecule has 0 rings (SSSR count). The van der Waals surface area contributed by atoms with E-state index in [4.69, 9.17) is 29.7 Å². The number of carbonyl (C=O) groups excluding carboxylic acids is 3. The molecule has 0 aliphatic heterocycles. The SMILES string of the molecule is CC(=O)[O-].CC(=O)[O-].CC(=O)[O-].N.[Al+3]. The Balaban J connectivity index is -0.0000000270.